The summed E-state index contributed by atoms with van der Waals surface area (Å²) in [7, 11) is 0. The molecule has 1 aliphatic rings. The van der Waals surface area contributed by atoms with E-state index in [9.17, 15) is 4.79 Å². The van der Waals surface area contributed by atoms with Crippen molar-refractivity contribution in [3.8, 4) is 0 Å². The minimum atomic E-state index is -0.00580. The number of rotatable bonds is 2. The van der Waals surface area contributed by atoms with Gasteiger partial charge in [0.25, 0.3) is 0 Å². The standard InChI is InChI=1S/C21H23N3O/c1-13-4-7-20-23-18-6-5-16(11-19(18)24(20)12-13)21(25)22-17-9-14(2)8-15(3)10-17/h4,7-10,12,16H,5-6,11H2,1-3H3,(H,22,25). The van der Waals surface area contributed by atoms with Gasteiger partial charge in [-0.15, -0.1) is 0 Å². The Morgan fingerprint density at radius 3 is 2.64 bits per heavy atom. The minimum Gasteiger partial charge on any atom is -0.326 e. The molecule has 4 nitrogen and oxygen atoms in total. The summed E-state index contributed by atoms with van der Waals surface area (Å²) in [5, 5.41) is 3.11. The molecule has 1 aliphatic carbocycles. The SMILES string of the molecule is Cc1cc(C)cc(NC(=O)C2CCc3nc4ccc(C)cn4c3C2)c1. The molecule has 3 aromatic rings. The number of fused-ring (bicyclic) bond motifs is 3. The predicted octanol–water partition coefficient (Wildman–Crippen LogP) is 4.00. The first-order chi connectivity index (χ1) is 12.0. The maximum absolute atomic E-state index is 12.8. The van der Waals surface area contributed by atoms with Gasteiger partial charge in [0.1, 0.15) is 5.65 Å². The first-order valence-electron chi connectivity index (χ1n) is 8.85. The molecule has 2 aromatic heterocycles. The molecule has 128 valence electrons. The molecule has 4 rings (SSSR count). The molecule has 2 heterocycles. The number of hydrogen-bond donors (Lipinski definition) is 1. The van der Waals surface area contributed by atoms with Gasteiger partial charge in [0.05, 0.1) is 5.69 Å². The molecule has 0 saturated heterocycles. The zero-order chi connectivity index (χ0) is 17.6. The Hall–Kier alpha value is -2.62. The second-order valence-corrected chi connectivity index (χ2v) is 7.25. The van der Waals surface area contributed by atoms with Gasteiger partial charge in [0, 0.05) is 29.9 Å². The van der Waals surface area contributed by atoms with Gasteiger partial charge < -0.3 is 9.72 Å². The van der Waals surface area contributed by atoms with E-state index in [4.69, 9.17) is 4.98 Å². The van der Waals surface area contributed by atoms with Crippen molar-refractivity contribution in [2.24, 2.45) is 5.92 Å². The van der Waals surface area contributed by atoms with Gasteiger partial charge >= 0.3 is 0 Å². The number of carbonyl (C=O) groups is 1. The van der Waals surface area contributed by atoms with Crippen LogP contribution in [0.2, 0.25) is 0 Å². The van der Waals surface area contributed by atoms with E-state index in [1.165, 1.54) is 22.4 Å². The second kappa shape index (κ2) is 6.03. The van der Waals surface area contributed by atoms with Crippen molar-refractivity contribution in [3.05, 3.63) is 64.6 Å². The minimum absolute atomic E-state index is 0.00580. The normalized spacial score (nSPS) is 16.7. The summed E-state index contributed by atoms with van der Waals surface area (Å²) >= 11 is 0. The molecular formula is C21H23N3O. The van der Waals surface area contributed by atoms with Gasteiger partial charge in [-0.25, -0.2) is 4.98 Å². The fourth-order valence-electron chi connectivity index (χ4n) is 3.83. The smallest absolute Gasteiger partial charge is 0.227 e. The van der Waals surface area contributed by atoms with Gasteiger partial charge in [-0.05, 0) is 68.5 Å². The molecule has 0 spiro atoms. The average molecular weight is 333 g/mol. The largest absolute Gasteiger partial charge is 0.326 e. The average Bonchev–Trinajstić information content (AvgIpc) is 2.91. The summed E-state index contributed by atoms with van der Waals surface area (Å²) in [5.74, 6) is 0.104. The van der Waals surface area contributed by atoms with Crippen LogP contribution >= 0.6 is 0 Å². The third-order valence-electron chi connectivity index (χ3n) is 4.98. The highest BCUT2D eigenvalue weighted by atomic mass is 16.1. The number of aryl methyl sites for hydroxylation is 4. The quantitative estimate of drug-likeness (QED) is 0.770. The van der Waals surface area contributed by atoms with Crippen LogP contribution in [-0.4, -0.2) is 15.3 Å². The van der Waals surface area contributed by atoms with E-state index in [0.717, 1.165) is 36.3 Å². The molecule has 1 amide bonds. The number of amides is 1. The number of aromatic nitrogens is 2. The fraction of sp³-hybridized carbons (Fsp3) is 0.333. The van der Waals surface area contributed by atoms with Crippen LogP contribution in [0.1, 0.15) is 34.5 Å². The van der Waals surface area contributed by atoms with Crippen LogP contribution < -0.4 is 5.32 Å². The number of imidazole rings is 1. The number of nitrogens with zero attached hydrogens (tertiary/aromatic N) is 2. The Balaban J connectivity index is 1.58. The molecule has 0 aliphatic heterocycles. The monoisotopic (exact) mass is 333 g/mol. The number of hydrogen-bond acceptors (Lipinski definition) is 2. The summed E-state index contributed by atoms with van der Waals surface area (Å²) in [4.78, 5) is 17.5. The van der Waals surface area contributed by atoms with Crippen molar-refractivity contribution in [2.75, 3.05) is 5.32 Å². The van der Waals surface area contributed by atoms with Crippen LogP contribution in [-0.2, 0) is 17.6 Å². The van der Waals surface area contributed by atoms with Crippen LogP contribution in [0.15, 0.2) is 36.5 Å². The van der Waals surface area contributed by atoms with E-state index >= 15 is 0 Å². The maximum atomic E-state index is 12.8. The number of anilines is 1. The molecule has 0 radical (unpaired) electrons. The summed E-state index contributed by atoms with van der Waals surface area (Å²) < 4.78 is 2.15. The van der Waals surface area contributed by atoms with Crippen LogP contribution in [0.5, 0.6) is 0 Å². The predicted molar refractivity (Wildman–Crippen MR) is 100.0 cm³/mol. The van der Waals surface area contributed by atoms with Gasteiger partial charge in [0.2, 0.25) is 5.91 Å². The maximum Gasteiger partial charge on any atom is 0.227 e. The Bertz CT molecular complexity index is 950. The lowest BCUT2D eigenvalue weighted by Gasteiger charge is -2.21. The van der Waals surface area contributed by atoms with Crippen LogP contribution in [0, 0.1) is 26.7 Å². The second-order valence-electron chi connectivity index (χ2n) is 7.25. The van der Waals surface area contributed by atoms with Crippen molar-refractivity contribution < 1.29 is 4.79 Å². The van der Waals surface area contributed by atoms with Crippen LogP contribution in [0.4, 0.5) is 5.69 Å². The van der Waals surface area contributed by atoms with Crippen molar-refractivity contribution in [1.29, 1.82) is 0 Å². The van der Waals surface area contributed by atoms with E-state index in [2.05, 4.69) is 54.9 Å². The van der Waals surface area contributed by atoms with Gasteiger partial charge in [-0.3, -0.25) is 4.79 Å². The van der Waals surface area contributed by atoms with Crippen molar-refractivity contribution >= 4 is 17.2 Å². The Kier molecular flexibility index (Phi) is 3.83. The number of carbonyl (C=O) groups excluding carboxylic acids is 1. The number of benzene rings is 1. The molecule has 25 heavy (non-hydrogen) atoms. The van der Waals surface area contributed by atoms with E-state index in [0.29, 0.717) is 0 Å². The molecule has 0 bridgehead atoms. The highest BCUT2D eigenvalue weighted by Gasteiger charge is 2.28. The molecular weight excluding hydrogens is 310 g/mol. The Labute approximate surface area is 147 Å². The summed E-state index contributed by atoms with van der Waals surface area (Å²) in [6.07, 6.45) is 4.58. The van der Waals surface area contributed by atoms with Crippen molar-refractivity contribution in [3.63, 3.8) is 0 Å². The topological polar surface area (TPSA) is 46.4 Å². The third-order valence-corrected chi connectivity index (χ3v) is 4.98. The van der Waals surface area contributed by atoms with Gasteiger partial charge in [0.15, 0.2) is 0 Å². The molecule has 1 unspecified atom stereocenters. The van der Waals surface area contributed by atoms with E-state index < -0.39 is 0 Å². The molecule has 0 fully saturated rings. The zero-order valence-electron chi connectivity index (χ0n) is 15.0. The fourth-order valence-corrected chi connectivity index (χ4v) is 3.83. The first-order valence-corrected chi connectivity index (χ1v) is 8.85. The first kappa shape index (κ1) is 15.9. The van der Waals surface area contributed by atoms with Gasteiger partial charge in [-0.1, -0.05) is 12.1 Å². The number of nitrogens with one attached hydrogen (secondary N) is 1. The third kappa shape index (κ3) is 3.04. The van der Waals surface area contributed by atoms with E-state index in [1.807, 2.05) is 12.1 Å². The molecule has 1 N–H and O–H groups in total. The van der Waals surface area contributed by atoms with E-state index in [-0.39, 0.29) is 11.8 Å². The molecule has 4 heteroatoms. The summed E-state index contributed by atoms with van der Waals surface area (Å²) in [6.45, 7) is 6.19. The lowest BCUT2D eigenvalue weighted by Crippen LogP contribution is -2.28. The van der Waals surface area contributed by atoms with Crippen molar-refractivity contribution in [2.45, 2.75) is 40.0 Å². The van der Waals surface area contributed by atoms with Crippen LogP contribution in [0.3, 0.4) is 0 Å². The van der Waals surface area contributed by atoms with Crippen molar-refractivity contribution in [1.82, 2.24) is 9.38 Å². The van der Waals surface area contributed by atoms with Crippen LogP contribution in [0.25, 0.3) is 5.65 Å². The highest BCUT2D eigenvalue weighted by molar-refractivity contribution is 5.93. The Morgan fingerprint density at radius 2 is 1.88 bits per heavy atom. The zero-order valence-corrected chi connectivity index (χ0v) is 15.0. The molecule has 0 saturated carbocycles. The highest BCUT2D eigenvalue weighted by Crippen LogP contribution is 2.28. The van der Waals surface area contributed by atoms with Gasteiger partial charge in [-0.2, -0.15) is 0 Å². The Morgan fingerprint density at radius 1 is 1.12 bits per heavy atom. The summed E-state index contributed by atoms with van der Waals surface area (Å²) in [5.41, 5.74) is 7.73. The number of pyridine rings is 1. The lowest BCUT2D eigenvalue weighted by atomic mass is 9.89. The van der Waals surface area contributed by atoms with E-state index in [1.54, 1.807) is 0 Å². The molecule has 1 atom stereocenters. The summed E-state index contributed by atoms with van der Waals surface area (Å²) in [6, 6.07) is 10.3. The lowest BCUT2D eigenvalue weighted by molar-refractivity contribution is -0.120. The molecule has 1 aromatic carbocycles.